The van der Waals surface area contributed by atoms with Crippen molar-refractivity contribution in [3.05, 3.63) is 18.0 Å². The van der Waals surface area contributed by atoms with E-state index in [-0.39, 0.29) is 5.69 Å². The summed E-state index contributed by atoms with van der Waals surface area (Å²) in [5.41, 5.74) is 4.46. The molecular weight excluding hydrogens is 161 g/mol. The molecule has 0 bridgehead atoms. The van der Waals surface area contributed by atoms with Gasteiger partial charge in [-0.2, -0.15) is 13.2 Å². The van der Waals surface area contributed by atoms with Crippen LogP contribution in [-0.2, 0) is 0 Å². The van der Waals surface area contributed by atoms with Gasteiger partial charge in [0.1, 0.15) is 18.0 Å². The maximum atomic E-state index is 11.8. The number of halogens is 3. The molecule has 0 aromatic carbocycles. The number of hydrogen-bond donors (Lipinski definition) is 1. The lowest BCUT2D eigenvalue weighted by Gasteiger charge is -2.11. The van der Waals surface area contributed by atoms with Crippen molar-refractivity contribution in [2.24, 2.45) is 5.73 Å². The van der Waals surface area contributed by atoms with Crippen LogP contribution in [0.4, 0.5) is 13.2 Å². The lowest BCUT2D eigenvalue weighted by Crippen LogP contribution is -2.28. The first-order chi connectivity index (χ1) is 5.02. The Kier molecular flexibility index (Phi) is 1.86. The summed E-state index contributed by atoms with van der Waals surface area (Å²) in [7, 11) is 0. The molecule has 1 aromatic rings. The second kappa shape index (κ2) is 2.54. The smallest absolute Gasteiger partial charge is 0.364 e. The highest BCUT2D eigenvalue weighted by molar-refractivity contribution is 5.04. The van der Waals surface area contributed by atoms with Gasteiger partial charge >= 0.3 is 6.18 Å². The fourth-order valence-electron chi connectivity index (χ4n) is 0.550. The van der Waals surface area contributed by atoms with E-state index in [1.165, 1.54) is 0 Å². The van der Waals surface area contributed by atoms with Crippen molar-refractivity contribution in [2.75, 3.05) is 0 Å². The van der Waals surface area contributed by atoms with Crippen molar-refractivity contribution in [3.63, 3.8) is 0 Å². The Labute approximate surface area is 60.0 Å². The Morgan fingerprint density at radius 3 is 2.55 bits per heavy atom. The molecule has 0 fully saturated rings. The van der Waals surface area contributed by atoms with Gasteiger partial charge in [0.25, 0.3) is 0 Å². The van der Waals surface area contributed by atoms with Crippen LogP contribution in [0.3, 0.4) is 0 Å². The molecule has 0 unspecified atom stereocenters. The summed E-state index contributed by atoms with van der Waals surface area (Å²) in [5, 5.41) is 3.06. The molecule has 0 aliphatic heterocycles. The van der Waals surface area contributed by atoms with Crippen LogP contribution in [0.1, 0.15) is 11.7 Å². The Morgan fingerprint density at radius 1 is 1.55 bits per heavy atom. The third kappa shape index (κ3) is 1.70. The molecule has 1 atom stereocenters. The van der Waals surface area contributed by atoms with Gasteiger partial charge in [-0.1, -0.05) is 5.16 Å². The zero-order chi connectivity index (χ0) is 8.48. The van der Waals surface area contributed by atoms with Gasteiger partial charge in [0.2, 0.25) is 0 Å². The highest BCUT2D eigenvalue weighted by Gasteiger charge is 2.39. The lowest BCUT2D eigenvalue weighted by molar-refractivity contribution is -0.150. The largest absolute Gasteiger partial charge is 0.409 e. The van der Waals surface area contributed by atoms with E-state index in [1.807, 2.05) is 0 Å². The molecule has 0 radical (unpaired) electrons. The van der Waals surface area contributed by atoms with Gasteiger partial charge in [-0.15, -0.1) is 0 Å². The maximum absolute atomic E-state index is 11.8. The SMILES string of the molecule is N[C@H](c1ccon1)C(F)(F)F. The van der Waals surface area contributed by atoms with Gasteiger partial charge in [-0.3, -0.25) is 0 Å². The fourth-order valence-corrected chi connectivity index (χ4v) is 0.550. The Hall–Kier alpha value is -1.04. The van der Waals surface area contributed by atoms with Gasteiger partial charge in [0.15, 0.2) is 0 Å². The van der Waals surface area contributed by atoms with E-state index in [0.717, 1.165) is 12.3 Å². The molecule has 1 rings (SSSR count). The maximum Gasteiger partial charge on any atom is 0.409 e. The summed E-state index contributed by atoms with van der Waals surface area (Å²) in [6.45, 7) is 0. The predicted octanol–water partition coefficient (Wildman–Crippen LogP) is 1.24. The van der Waals surface area contributed by atoms with Crippen LogP contribution in [0.15, 0.2) is 16.9 Å². The summed E-state index contributed by atoms with van der Waals surface area (Å²) in [6.07, 6.45) is -3.42. The molecule has 0 spiro atoms. The Balaban J connectivity index is 2.78. The van der Waals surface area contributed by atoms with Crippen molar-refractivity contribution in [2.45, 2.75) is 12.2 Å². The first-order valence-electron chi connectivity index (χ1n) is 2.74. The van der Waals surface area contributed by atoms with Gasteiger partial charge < -0.3 is 10.3 Å². The molecule has 3 nitrogen and oxygen atoms in total. The van der Waals surface area contributed by atoms with Crippen molar-refractivity contribution in [3.8, 4) is 0 Å². The standard InChI is InChI=1S/C5H5F3N2O/c6-5(7,8)4(9)3-1-2-11-10-3/h1-2,4H,9H2/t4-/m1/s1. The van der Waals surface area contributed by atoms with E-state index in [1.54, 1.807) is 0 Å². The summed E-state index contributed by atoms with van der Waals surface area (Å²) in [6, 6.07) is -0.973. The molecule has 0 amide bonds. The second-order valence-corrected chi connectivity index (χ2v) is 1.94. The third-order valence-corrected chi connectivity index (χ3v) is 1.13. The zero-order valence-electron chi connectivity index (χ0n) is 5.30. The first kappa shape index (κ1) is 8.06. The third-order valence-electron chi connectivity index (χ3n) is 1.13. The van der Waals surface area contributed by atoms with Crippen molar-refractivity contribution >= 4 is 0 Å². The van der Waals surface area contributed by atoms with Crippen molar-refractivity contribution in [1.82, 2.24) is 5.16 Å². The minimum atomic E-state index is -4.46. The number of aromatic nitrogens is 1. The van der Waals surface area contributed by atoms with Crippen LogP contribution in [0, 0.1) is 0 Å². The predicted molar refractivity (Wildman–Crippen MR) is 29.5 cm³/mol. The molecular formula is C5H5F3N2O. The molecule has 0 saturated carbocycles. The molecule has 0 aliphatic carbocycles. The number of rotatable bonds is 1. The van der Waals surface area contributed by atoms with E-state index >= 15 is 0 Å². The highest BCUT2D eigenvalue weighted by atomic mass is 19.4. The van der Waals surface area contributed by atoms with Crippen molar-refractivity contribution in [1.29, 1.82) is 0 Å². The van der Waals surface area contributed by atoms with Gasteiger partial charge in [-0.25, -0.2) is 0 Å². The van der Waals surface area contributed by atoms with Crippen LogP contribution in [0.2, 0.25) is 0 Å². The van der Waals surface area contributed by atoms with E-state index in [0.29, 0.717) is 0 Å². The normalized spacial score (nSPS) is 14.9. The zero-order valence-corrected chi connectivity index (χ0v) is 5.30. The van der Waals surface area contributed by atoms with Crippen LogP contribution >= 0.6 is 0 Å². The van der Waals surface area contributed by atoms with E-state index in [4.69, 9.17) is 5.73 Å². The number of hydrogen-bond acceptors (Lipinski definition) is 3. The Morgan fingerprint density at radius 2 is 2.18 bits per heavy atom. The number of nitrogens with zero attached hydrogens (tertiary/aromatic N) is 1. The minimum absolute atomic E-state index is 0.308. The highest BCUT2D eigenvalue weighted by Crippen LogP contribution is 2.28. The molecule has 11 heavy (non-hydrogen) atoms. The lowest BCUT2D eigenvalue weighted by atomic mass is 10.2. The minimum Gasteiger partial charge on any atom is -0.364 e. The number of alkyl halides is 3. The summed E-state index contributed by atoms with van der Waals surface area (Å²) in [4.78, 5) is 0. The molecule has 0 saturated heterocycles. The fraction of sp³-hybridized carbons (Fsp3) is 0.400. The van der Waals surface area contributed by atoms with Crippen LogP contribution in [0.25, 0.3) is 0 Å². The molecule has 62 valence electrons. The molecule has 0 aliphatic rings. The number of nitrogens with two attached hydrogens (primary N) is 1. The summed E-state index contributed by atoms with van der Waals surface area (Å²) >= 11 is 0. The van der Waals surface area contributed by atoms with E-state index < -0.39 is 12.2 Å². The van der Waals surface area contributed by atoms with Gasteiger partial charge in [0, 0.05) is 6.07 Å². The van der Waals surface area contributed by atoms with Crippen molar-refractivity contribution < 1.29 is 17.7 Å². The van der Waals surface area contributed by atoms with Crippen LogP contribution in [-0.4, -0.2) is 11.3 Å². The Bertz CT molecular complexity index is 218. The average Bonchev–Trinajstić information content (AvgIpc) is 2.34. The van der Waals surface area contributed by atoms with Gasteiger partial charge in [0.05, 0.1) is 0 Å². The van der Waals surface area contributed by atoms with E-state index in [9.17, 15) is 13.2 Å². The summed E-state index contributed by atoms with van der Waals surface area (Å²) < 4.78 is 39.6. The van der Waals surface area contributed by atoms with Crippen LogP contribution in [0.5, 0.6) is 0 Å². The quantitative estimate of drug-likeness (QED) is 0.682. The molecule has 2 N–H and O–H groups in total. The van der Waals surface area contributed by atoms with E-state index in [2.05, 4.69) is 9.68 Å². The monoisotopic (exact) mass is 166 g/mol. The second-order valence-electron chi connectivity index (χ2n) is 1.94. The molecule has 1 heterocycles. The first-order valence-corrected chi connectivity index (χ1v) is 2.74. The average molecular weight is 166 g/mol. The summed E-state index contributed by atoms with van der Waals surface area (Å²) in [5.74, 6) is 0. The van der Waals surface area contributed by atoms with Gasteiger partial charge in [-0.05, 0) is 0 Å². The molecule has 6 heteroatoms. The van der Waals surface area contributed by atoms with Crippen LogP contribution < -0.4 is 5.73 Å². The molecule has 1 aromatic heterocycles. The topological polar surface area (TPSA) is 52.0 Å².